The second-order valence-corrected chi connectivity index (χ2v) is 7.57. The largest absolute Gasteiger partial charge is 0.373 e. The molecule has 0 aromatic heterocycles. The number of carbonyl (C=O) groups excluding carboxylic acids is 1. The molecule has 27 heavy (non-hydrogen) atoms. The summed E-state index contributed by atoms with van der Waals surface area (Å²) in [5.41, 5.74) is 3.04. The third-order valence-corrected chi connectivity index (χ3v) is 5.63. The molecule has 0 unspecified atom stereocenters. The zero-order valence-corrected chi connectivity index (χ0v) is 15.8. The lowest BCUT2D eigenvalue weighted by atomic mass is 9.74. The van der Waals surface area contributed by atoms with Crippen molar-refractivity contribution < 1.29 is 9.63 Å². The zero-order valence-electron chi connectivity index (χ0n) is 14.2. The van der Waals surface area contributed by atoms with Gasteiger partial charge in [-0.1, -0.05) is 87.8 Å². The maximum absolute atomic E-state index is 13.2. The molecule has 2 aliphatic heterocycles. The number of hydrogen-bond acceptors (Lipinski definition) is 3. The van der Waals surface area contributed by atoms with Crippen LogP contribution in [0.15, 0.2) is 88.5 Å². The molecule has 0 aliphatic carbocycles. The summed E-state index contributed by atoms with van der Waals surface area (Å²) in [4.78, 5) is 19.2. The first-order valence-corrected chi connectivity index (χ1v) is 9.47. The molecule has 0 saturated heterocycles. The number of benzene rings is 3. The van der Waals surface area contributed by atoms with Gasteiger partial charge in [-0.3, -0.25) is 4.79 Å². The summed E-state index contributed by atoms with van der Waals surface area (Å²) in [6.45, 7) is 0. The van der Waals surface area contributed by atoms with Gasteiger partial charge >= 0.3 is 0 Å². The van der Waals surface area contributed by atoms with Gasteiger partial charge in [0.05, 0.1) is 11.6 Å². The van der Waals surface area contributed by atoms with Gasteiger partial charge in [0.25, 0.3) is 11.5 Å². The molecule has 5 heteroatoms. The Bertz CT molecular complexity index is 1070. The summed E-state index contributed by atoms with van der Waals surface area (Å²) in [7, 11) is 0. The van der Waals surface area contributed by atoms with Crippen LogP contribution in [-0.2, 0) is 15.2 Å². The van der Waals surface area contributed by atoms with Crippen LogP contribution in [0.4, 0.5) is 5.69 Å². The summed E-state index contributed by atoms with van der Waals surface area (Å²) in [6, 6.07) is 25.6. The number of halogens is 1. The van der Waals surface area contributed by atoms with E-state index in [9.17, 15) is 4.79 Å². The van der Waals surface area contributed by atoms with Crippen LogP contribution in [0.25, 0.3) is 0 Å². The molecule has 1 amide bonds. The van der Waals surface area contributed by atoms with Crippen molar-refractivity contribution in [1.29, 1.82) is 0 Å². The minimum atomic E-state index is -1.21. The Morgan fingerprint density at radius 2 is 1.67 bits per heavy atom. The van der Waals surface area contributed by atoms with Crippen molar-refractivity contribution in [3.8, 4) is 0 Å². The third kappa shape index (κ3) is 2.35. The minimum Gasteiger partial charge on any atom is -0.373 e. The highest BCUT2D eigenvalue weighted by Crippen LogP contribution is 2.53. The topological polar surface area (TPSA) is 50.7 Å². The number of nitrogens with one attached hydrogen (secondary N) is 1. The van der Waals surface area contributed by atoms with Crippen LogP contribution < -0.4 is 5.32 Å². The number of rotatable bonds is 2. The van der Waals surface area contributed by atoms with Gasteiger partial charge in [-0.15, -0.1) is 0 Å². The Kier molecular flexibility index (Phi) is 3.65. The number of fused-ring (bicyclic) bond motifs is 2. The van der Waals surface area contributed by atoms with Crippen molar-refractivity contribution in [3.05, 3.63) is 100 Å². The maximum Gasteiger partial charge on any atom is 0.277 e. The molecule has 1 N–H and O–H groups in total. The van der Waals surface area contributed by atoms with Crippen molar-refractivity contribution in [2.24, 2.45) is 5.16 Å². The van der Waals surface area contributed by atoms with E-state index < -0.39 is 5.60 Å². The second-order valence-electron chi connectivity index (χ2n) is 6.66. The molecule has 5 rings (SSSR count). The van der Waals surface area contributed by atoms with Crippen LogP contribution in [-0.4, -0.2) is 11.6 Å². The Morgan fingerprint density at radius 1 is 0.963 bits per heavy atom. The predicted molar refractivity (Wildman–Crippen MR) is 108 cm³/mol. The van der Waals surface area contributed by atoms with Crippen molar-refractivity contribution in [2.75, 3.05) is 5.32 Å². The predicted octanol–water partition coefficient (Wildman–Crippen LogP) is 4.81. The Hall–Kier alpha value is -2.92. The highest BCUT2D eigenvalue weighted by Gasteiger charge is 2.61. The second kappa shape index (κ2) is 6.06. The van der Waals surface area contributed by atoms with Crippen LogP contribution in [0.3, 0.4) is 0 Å². The van der Waals surface area contributed by atoms with E-state index in [0.717, 1.165) is 32.6 Å². The van der Waals surface area contributed by atoms with Crippen LogP contribution >= 0.6 is 15.9 Å². The van der Waals surface area contributed by atoms with E-state index in [4.69, 9.17) is 4.84 Å². The molecule has 3 aromatic rings. The Labute approximate surface area is 165 Å². The van der Waals surface area contributed by atoms with Crippen molar-refractivity contribution in [3.63, 3.8) is 0 Å². The average Bonchev–Trinajstić information content (AvgIpc) is 3.22. The lowest BCUT2D eigenvalue weighted by molar-refractivity contribution is -0.139. The van der Waals surface area contributed by atoms with E-state index in [1.807, 2.05) is 78.9 Å². The van der Waals surface area contributed by atoms with E-state index in [1.54, 1.807) is 0 Å². The molecule has 0 radical (unpaired) electrons. The molecule has 3 aromatic carbocycles. The Balaban J connectivity index is 1.74. The number of nitrogens with zero attached hydrogens (tertiary/aromatic N) is 1. The number of carbonyl (C=O) groups is 1. The fourth-order valence-corrected chi connectivity index (χ4v) is 4.31. The first-order valence-electron chi connectivity index (χ1n) is 8.68. The summed E-state index contributed by atoms with van der Waals surface area (Å²) in [5.74, 6) is -0.539. The van der Waals surface area contributed by atoms with E-state index in [2.05, 4.69) is 26.4 Å². The SMILES string of the molecule is O=C1Nc2cc(Br)ccc2[C@@]12ON=C(c1ccccc1)[C@@H]2c1ccccc1. The molecule has 2 aliphatic rings. The fraction of sp³-hybridized carbons (Fsp3) is 0.0909. The standard InChI is InChI=1S/C22H15BrN2O2/c23-16-11-12-17-18(13-16)24-21(26)22(17)19(14-7-3-1-4-8-14)20(25-27-22)15-9-5-2-6-10-15/h1-13,19H,(H,24,26)/t19-,22-/m0/s1. The van der Waals surface area contributed by atoms with Gasteiger partial charge in [0.15, 0.2) is 0 Å². The normalized spacial score (nSPS) is 22.9. The summed E-state index contributed by atoms with van der Waals surface area (Å²) >= 11 is 3.47. The summed E-state index contributed by atoms with van der Waals surface area (Å²) in [5, 5.41) is 7.39. The zero-order chi connectivity index (χ0) is 18.4. The van der Waals surface area contributed by atoms with E-state index >= 15 is 0 Å². The molecule has 132 valence electrons. The van der Waals surface area contributed by atoms with E-state index in [1.165, 1.54) is 0 Å². The molecule has 1 spiro atoms. The highest BCUT2D eigenvalue weighted by atomic mass is 79.9. The average molecular weight is 419 g/mol. The van der Waals surface area contributed by atoms with E-state index in [0.29, 0.717) is 0 Å². The number of amides is 1. The van der Waals surface area contributed by atoms with E-state index in [-0.39, 0.29) is 11.8 Å². The van der Waals surface area contributed by atoms with Gasteiger partial charge in [-0.05, 0) is 17.7 Å². The fourth-order valence-electron chi connectivity index (χ4n) is 3.94. The molecular formula is C22H15BrN2O2. The maximum atomic E-state index is 13.2. The van der Waals surface area contributed by atoms with Gasteiger partial charge < -0.3 is 10.2 Å². The number of hydrogen-bond donors (Lipinski definition) is 1. The monoisotopic (exact) mass is 418 g/mol. The molecule has 0 bridgehead atoms. The molecule has 4 nitrogen and oxygen atoms in total. The summed E-state index contributed by atoms with van der Waals surface area (Å²) < 4.78 is 0.900. The van der Waals surface area contributed by atoms with Gasteiger partial charge in [0.1, 0.15) is 0 Å². The smallest absolute Gasteiger partial charge is 0.277 e. The van der Waals surface area contributed by atoms with Crippen LogP contribution in [0.2, 0.25) is 0 Å². The molecule has 2 atom stereocenters. The number of anilines is 1. The highest BCUT2D eigenvalue weighted by molar-refractivity contribution is 9.10. The third-order valence-electron chi connectivity index (χ3n) is 5.14. The van der Waals surface area contributed by atoms with Crippen LogP contribution in [0.1, 0.15) is 22.6 Å². The first kappa shape index (κ1) is 16.3. The van der Waals surface area contributed by atoms with Gasteiger partial charge in [0, 0.05) is 21.3 Å². The van der Waals surface area contributed by atoms with Crippen molar-refractivity contribution >= 4 is 33.2 Å². The molecule has 0 saturated carbocycles. The number of oxime groups is 1. The van der Waals surface area contributed by atoms with Gasteiger partial charge in [-0.25, -0.2) is 0 Å². The quantitative estimate of drug-likeness (QED) is 0.648. The minimum absolute atomic E-state index is 0.195. The molecule has 2 heterocycles. The molecule has 0 fully saturated rings. The van der Waals surface area contributed by atoms with Crippen molar-refractivity contribution in [2.45, 2.75) is 11.5 Å². The Morgan fingerprint density at radius 3 is 2.41 bits per heavy atom. The lowest BCUT2D eigenvalue weighted by Crippen LogP contribution is -2.41. The van der Waals surface area contributed by atoms with Crippen molar-refractivity contribution in [1.82, 2.24) is 0 Å². The van der Waals surface area contributed by atoms with Crippen LogP contribution in [0, 0.1) is 0 Å². The van der Waals surface area contributed by atoms with Gasteiger partial charge in [0.2, 0.25) is 0 Å². The van der Waals surface area contributed by atoms with Gasteiger partial charge in [-0.2, -0.15) is 0 Å². The van der Waals surface area contributed by atoms with Crippen LogP contribution in [0.5, 0.6) is 0 Å². The lowest BCUT2D eigenvalue weighted by Gasteiger charge is -2.28. The summed E-state index contributed by atoms with van der Waals surface area (Å²) in [6.07, 6.45) is 0. The molecular weight excluding hydrogens is 404 g/mol. The first-order chi connectivity index (χ1) is 13.2.